The molecule has 1 saturated heterocycles. The van der Waals surface area contributed by atoms with E-state index in [1.165, 1.54) is 4.88 Å². The maximum Gasteiger partial charge on any atom is 0.223 e. The average Bonchev–Trinajstić information content (AvgIpc) is 3.10. The average molecular weight is 345 g/mol. The molecule has 2 heterocycles. The highest BCUT2D eigenvalue weighted by Crippen LogP contribution is 2.20. The third-order valence-electron chi connectivity index (χ3n) is 3.88. The molecule has 1 aromatic heterocycles. The van der Waals surface area contributed by atoms with Crippen LogP contribution in [0.15, 0.2) is 17.5 Å². The van der Waals surface area contributed by atoms with Crippen molar-refractivity contribution in [2.24, 2.45) is 0 Å². The first kappa shape index (κ1) is 17.4. The second-order valence-electron chi connectivity index (χ2n) is 5.57. The third kappa shape index (κ3) is 5.07. The molecule has 1 amide bonds. The van der Waals surface area contributed by atoms with E-state index in [1.54, 1.807) is 23.3 Å². The Morgan fingerprint density at radius 2 is 2.32 bits per heavy atom. The van der Waals surface area contributed by atoms with Gasteiger partial charge >= 0.3 is 0 Å². The van der Waals surface area contributed by atoms with E-state index in [-0.39, 0.29) is 23.5 Å². The van der Waals surface area contributed by atoms with E-state index in [9.17, 15) is 13.2 Å². The van der Waals surface area contributed by atoms with Crippen molar-refractivity contribution in [2.75, 3.05) is 31.8 Å². The van der Waals surface area contributed by atoms with Crippen LogP contribution in [-0.2, 0) is 25.8 Å². The summed E-state index contributed by atoms with van der Waals surface area (Å²) in [6.07, 6.45) is 2.44. The van der Waals surface area contributed by atoms with Gasteiger partial charge in [0.2, 0.25) is 5.91 Å². The van der Waals surface area contributed by atoms with Crippen molar-refractivity contribution in [1.82, 2.24) is 4.90 Å². The van der Waals surface area contributed by atoms with Gasteiger partial charge in [0.1, 0.15) is 0 Å². The predicted molar refractivity (Wildman–Crippen MR) is 87.9 cm³/mol. The smallest absolute Gasteiger partial charge is 0.223 e. The molecule has 0 bridgehead atoms. The van der Waals surface area contributed by atoms with E-state index in [4.69, 9.17) is 4.74 Å². The summed E-state index contributed by atoms with van der Waals surface area (Å²) in [5.41, 5.74) is 0. The Morgan fingerprint density at radius 1 is 1.50 bits per heavy atom. The highest BCUT2D eigenvalue weighted by molar-refractivity contribution is 7.91. The van der Waals surface area contributed by atoms with E-state index in [0.717, 1.165) is 12.8 Å². The molecule has 22 heavy (non-hydrogen) atoms. The number of nitrogens with zero attached hydrogens (tertiary/aromatic N) is 1. The number of carbonyl (C=O) groups excluding carboxylic acids is 1. The Kier molecular flexibility index (Phi) is 6.40. The van der Waals surface area contributed by atoms with Crippen LogP contribution in [0, 0.1) is 0 Å². The first-order valence-electron chi connectivity index (χ1n) is 7.53. The topological polar surface area (TPSA) is 63.7 Å². The molecule has 2 rings (SSSR count). The molecule has 5 nitrogen and oxygen atoms in total. The first-order valence-corrected chi connectivity index (χ1v) is 10.2. The lowest BCUT2D eigenvalue weighted by Crippen LogP contribution is -2.42. The minimum absolute atomic E-state index is 0.0478. The maximum absolute atomic E-state index is 12.5. The Labute approximate surface area is 136 Å². The Bertz CT molecular complexity index is 568. The largest absolute Gasteiger partial charge is 0.385 e. The van der Waals surface area contributed by atoms with Crippen LogP contribution >= 0.6 is 11.3 Å². The predicted octanol–water partition coefficient (Wildman–Crippen LogP) is 1.73. The summed E-state index contributed by atoms with van der Waals surface area (Å²) in [7, 11) is -1.36. The van der Waals surface area contributed by atoms with Crippen LogP contribution in [0.3, 0.4) is 0 Å². The molecule has 124 valence electrons. The summed E-state index contributed by atoms with van der Waals surface area (Å²) in [4.78, 5) is 15.5. The zero-order valence-electron chi connectivity index (χ0n) is 12.9. The number of hydrogen-bond donors (Lipinski definition) is 0. The highest BCUT2D eigenvalue weighted by Gasteiger charge is 2.34. The number of methoxy groups -OCH3 is 1. The molecule has 1 fully saturated rings. The van der Waals surface area contributed by atoms with Crippen molar-refractivity contribution >= 4 is 27.1 Å². The summed E-state index contributed by atoms with van der Waals surface area (Å²) in [5, 5.41) is 2.00. The lowest BCUT2D eigenvalue weighted by molar-refractivity contribution is -0.133. The van der Waals surface area contributed by atoms with Gasteiger partial charge in [0.15, 0.2) is 9.84 Å². The summed E-state index contributed by atoms with van der Waals surface area (Å²) >= 11 is 1.64. The molecule has 0 spiro atoms. The minimum Gasteiger partial charge on any atom is -0.385 e. The van der Waals surface area contributed by atoms with Gasteiger partial charge in [0.25, 0.3) is 0 Å². The maximum atomic E-state index is 12.5. The van der Waals surface area contributed by atoms with Gasteiger partial charge < -0.3 is 9.64 Å². The molecule has 1 aromatic rings. The third-order valence-corrected chi connectivity index (χ3v) is 6.57. The second-order valence-corrected chi connectivity index (χ2v) is 8.83. The number of aryl methyl sites for hydroxylation is 1. The van der Waals surface area contributed by atoms with Gasteiger partial charge in [-0.1, -0.05) is 6.07 Å². The molecule has 0 N–H and O–H groups in total. The molecular formula is C15H23NO4S2. The standard InChI is InChI=1S/C15H23NO4S2/c1-20-9-3-8-16(13-7-11-22(18,19)12-13)15(17)6-5-14-4-2-10-21-14/h2,4,10,13H,3,5-9,11-12H2,1H3. The van der Waals surface area contributed by atoms with Crippen molar-refractivity contribution in [3.8, 4) is 0 Å². The van der Waals surface area contributed by atoms with Crippen molar-refractivity contribution in [3.05, 3.63) is 22.4 Å². The fourth-order valence-electron chi connectivity index (χ4n) is 2.74. The van der Waals surface area contributed by atoms with Crippen LogP contribution < -0.4 is 0 Å². The molecule has 0 radical (unpaired) electrons. The lowest BCUT2D eigenvalue weighted by atomic mass is 10.1. The first-order chi connectivity index (χ1) is 10.5. The van der Waals surface area contributed by atoms with Crippen LogP contribution in [0.25, 0.3) is 0 Å². The second kappa shape index (κ2) is 8.08. The fraction of sp³-hybridized carbons (Fsp3) is 0.667. The molecule has 0 aromatic carbocycles. The van der Waals surface area contributed by atoms with Crippen molar-refractivity contribution in [1.29, 1.82) is 0 Å². The van der Waals surface area contributed by atoms with Crippen LogP contribution in [0.4, 0.5) is 0 Å². The fourth-order valence-corrected chi connectivity index (χ4v) is 5.18. The molecule has 7 heteroatoms. The van der Waals surface area contributed by atoms with Gasteiger partial charge in [-0.2, -0.15) is 0 Å². The summed E-state index contributed by atoms with van der Waals surface area (Å²) in [5.74, 6) is 0.341. The number of carbonyl (C=O) groups is 1. The van der Waals surface area contributed by atoms with Crippen LogP contribution in [0.1, 0.15) is 24.1 Å². The zero-order valence-corrected chi connectivity index (χ0v) is 14.5. The highest BCUT2D eigenvalue weighted by atomic mass is 32.2. The Morgan fingerprint density at radius 3 is 2.91 bits per heavy atom. The van der Waals surface area contributed by atoms with Crippen molar-refractivity contribution in [3.63, 3.8) is 0 Å². The Hall–Kier alpha value is -0.920. The monoisotopic (exact) mass is 345 g/mol. The number of ether oxygens (including phenoxy) is 1. The number of sulfone groups is 1. The number of hydrogen-bond acceptors (Lipinski definition) is 5. The molecule has 0 saturated carbocycles. The van der Waals surface area contributed by atoms with Crippen molar-refractivity contribution in [2.45, 2.75) is 31.7 Å². The quantitative estimate of drug-likeness (QED) is 0.673. The van der Waals surface area contributed by atoms with Gasteiger partial charge in [0.05, 0.1) is 11.5 Å². The summed E-state index contributed by atoms with van der Waals surface area (Å²) in [6, 6.07) is 3.83. The van der Waals surface area contributed by atoms with E-state index in [1.807, 2.05) is 17.5 Å². The molecule has 1 unspecified atom stereocenters. The molecule has 1 aliphatic heterocycles. The normalized spacial score (nSPS) is 20.1. The van der Waals surface area contributed by atoms with E-state index >= 15 is 0 Å². The zero-order chi connectivity index (χ0) is 16.0. The van der Waals surface area contributed by atoms with E-state index < -0.39 is 9.84 Å². The minimum atomic E-state index is -2.99. The van der Waals surface area contributed by atoms with Crippen molar-refractivity contribution < 1.29 is 17.9 Å². The van der Waals surface area contributed by atoms with Crippen LogP contribution in [0.2, 0.25) is 0 Å². The van der Waals surface area contributed by atoms with Gasteiger partial charge in [-0.15, -0.1) is 11.3 Å². The van der Waals surface area contributed by atoms with Gasteiger partial charge in [-0.05, 0) is 30.7 Å². The van der Waals surface area contributed by atoms with Crippen LogP contribution in [-0.4, -0.2) is 57.0 Å². The van der Waals surface area contributed by atoms with Crippen LogP contribution in [0.5, 0.6) is 0 Å². The molecule has 0 aliphatic carbocycles. The van der Waals surface area contributed by atoms with Gasteiger partial charge in [-0.3, -0.25) is 4.79 Å². The number of rotatable bonds is 8. The molecule has 1 atom stereocenters. The van der Waals surface area contributed by atoms with Gasteiger partial charge in [-0.25, -0.2) is 8.42 Å². The summed E-state index contributed by atoms with van der Waals surface area (Å²) < 4.78 is 28.4. The van der Waals surface area contributed by atoms with E-state index in [2.05, 4.69) is 0 Å². The lowest BCUT2D eigenvalue weighted by Gasteiger charge is -2.28. The molecular weight excluding hydrogens is 322 g/mol. The number of amides is 1. The SMILES string of the molecule is COCCCN(C(=O)CCc1cccs1)C1CCS(=O)(=O)C1. The Balaban J connectivity index is 1.95. The summed E-state index contributed by atoms with van der Waals surface area (Å²) in [6.45, 7) is 1.14. The van der Waals surface area contributed by atoms with Gasteiger partial charge in [0, 0.05) is 37.6 Å². The van der Waals surface area contributed by atoms with E-state index in [0.29, 0.717) is 26.0 Å². The molecule has 1 aliphatic rings. The number of thiophene rings is 1.